The van der Waals surface area contributed by atoms with Gasteiger partial charge >= 0.3 is 5.97 Å². The summed E-state index contributed by atoms with van der Waals surface area (Å²) >= 11 is 0. The molecule has 5 nitrogen and oxygen atoms in total. The Hall–Kier alpha value is -1.09. The monoisotopic (exact) mass is 270 g/mol. The van der Waals surface area contributed by atoms with Crippen molar-refractivity contribution in [1.29, 1.82) is 0 Å². The predicted octanol–water partition coefficient (Wildman–Crippen LogP) is 1.24. The highest BCUT2D eigenvalue weighted by atomic mass is 16.7. The summed E-state index contributed by atoms with van der Waals surface area (Å²) in [6.45, 7) is 1.01. The van der Waals surface area contributed by atoms with Gasteiger partial charge in [0.15, 0.2) is 6.29 Å². The molecule has 1 heterocycles. The van der Waals surface area contributed by atoms with Gasteiger partial charge in [-0.2, -0.15) is 0 Å². The van der Waals surface area contributed by atoms with Crippen LogP contribution in [-0.4, -0.2) is 43.8 Å². The molecule has 1 saturated heterocycles. The normalized spacial score (nSPS) is 20.2. The number of ether oxygens (including phenoxy) is 3. The van der Waals surface area contributed by atoms with Gasteiger partial charge in [-0.1, -0.05) is 11.8 Å². The lowest BCUT2D eigenvalue weighted by atomic mass is 10.1. The van der Waals surface area contributed by atoms with Gasteiger partial charge in [0.25, 0.3) is 0 Å². The molecule has 1 N–H and O–H groups in total. The topological polar surface area (TPSA) is 65.0 Å². The molecule has 0 radical (unpaired) electrons. The van der Waals surface area contributed by atoms with E-state index < -0.39 is 6.10 Å². The third kappa shape index (κ3) is 7.83. The van der Waals surface area contributed by atoms with Gasteiger partial charge in [0.05, 0.1) is 7.11 Å². The van der Waals surface area contributed by atoms with Crippen LogP contribution in [0.15, 0.2) is 0 Å². The lowest BCUT2D eigenvalue weighted by molar-refractivity contribution is -0.154. The summed E-state index contributed by atoms with van der Waals surface area (Å²) in [7, 11) is 1.35. The minimum absolute atomic E-state index is 0.153. The van der Waals surface area contributed by atoms with E-state index >= 15 is 0 Å². The molecule has 0 amide bonds. The van der Waals surface area contributed by atoms with E-state index in [1.165, 1.54) is 7.11 Å². The van der Waals surface area contributed by atoms with Crippen LogP contribution in [-0.2, 0) is 19.0 Å². The van der Waals surface area contributed by atoms with Crippen LogP contribution in [0.2, 0.25) is 0 Å². The van der Waals surface area contributed by atoms with Gasteiger partial charge < -0.3 is 19.3 Å². The van der Waals surface area contributed by atoms with Crippen LogP contribution in [0.4, 0.5) is 0 Å². The number of rotatable bonds is 6. The average molecular weight is 270 g/mol. The molecule has 1 rings (SSSR count). The molecule has 2 unspecified atom stereocenters. The molecule has 5 heteroatoms. The van der Waals surface area contributed by atoms with Gasteiger partial charge in [-0.05, 0) is 32.1 Å². The van der Waals surface area contributed by atoms with Crippen molar-refractivity contribution in [2.24, 2.45) is 0 Å². The van der Waals surface area contributed by atoms with Crippen LogP contribution in [0.1, 0.15) is 38.5 Å². The van der Waals surface area contributed by atoms with Crippen molar-refractivity contribution in [3.63, 3.8) is 0 Å². The van der Waals surface area contributed by atoms with Crippen molar-refractivity contribution >= 4 is 5.97 Å². The molecule has 1 aliphatic heterocycles. The smallest absolute Gasteiger partial charge is 0.305 e. The number of hydrogen-bond donors (Lipinski definition) is 1. The summed E-state index contributed by atoms with van der Waals surface area (Å²) < 4.78 is 15.3. The number of methoxy groups -OCH3 is 1. The second-order valence-electron chi connectivity index (χ2n) is 4.41. The van der Waals surface area contributed by atoms with Crippen LogP contribution < -0.4 is 0 Å². The van der Waals surface area contributed by atoms with Crippen LogP contribution in [0.25, 0.3) is 0 Å². The fourth-order valence-corrected chi connectivity index (χ4v) is 1.75. The van der Waals surface area contributed by atoms with Gasteiger partial charge in [0, 0.05) is 13.0 Å². The Morgan fingerprint density at radius 1 is 1.53 bits per heavy atom. The second-order valence-corrected chi connectivity index (χ2v) is 4.41. The number of carbonyl (C=O) groups excluding carboxylic acids is 1. The summed E-state index contributed by atoms with van der Waals surface area (Å²) in [5.41, 5.74) is 0. The van der Waals surface area contributed by atoms with Crippen molar-refractivity contribution < 1.29 is 24.1 Å². The molecule has 0 aromatic rings. The third-order valence-electron chi connectivity index (χ3n) is 2.83. The van der Waals surface area contributed by atoms with Gasteiger partial charge in [0.2, 0.25) is 0 Å². The lowest BCUT2D eigenvalue weighted by Crippen LogP contribution is -2.22. The number of aliphatic hydroxyl groups is 1. The molecular weight excluding hydrogens is 248 g/mol. The van der Waals surface area contributed by atoms with E-state index in [0.29, 0.717) is 19.3 Å². The summed E-state index contributed by atoms with van der Waals surface area (Å²) in [5.74, 6) is 5.19. The highest BCUT2D eigenvalue weighted by molar-refractivity contribution is 5.68. The summed E-state index contributed by atoms with van der Waals surface area (Å²) in [4.78, 5) is 10.9. The quantitative estimate of drug-likeness (QED) is 0.581. The van der Waals surface area contributed by atoms with Crippen LogP contribution >= 0.6 is 0 Å². The van der Waals surface area contributed by atoms with E-state index in [2.05, 4.69) is 16.6 Å². The maximum Gasteiger partial charge on any atom is 0.305 e. The minimum Gasteiger partial charge on any atom is -0.469 e. The first-order valence-corrected chi connectivity index (χ1v) is 6.69. The third-order valence-corrected chi connectivity index (χ3v) is 2.83. The van der Waals surface area contributed by atoms with E-state index in [1.54, 1.807) is 0 Å². The molecule has 0 aromatic carbocycles. The van der Waals surface area contributed by atoms with Gasteiger partial charge in [-0.15, -0.1) is 0 Å². The summed E-state index contributed by atoms with van der Waals surface area (Å²) in [6, 6.07) is 0. The van der Waals surface area contributed by atoms with Crippen molar-refractivity contribution in [3.8, 4) is 11.8 Å². The second kappa shape index (κ2) is 9.79. The van der Waals surface area contributed by atoms with Gasteiger partial charge in [0.1, 0.15) is 12.7 Å². The van der Waals surface area contributed by atoms with Crippen LogP contribution in [0.5, 0.6) is 0 Å². The van der Waals surface area contributed by atoms with E-state index in [1.807, 2.05) is 0 Å². The van der Waals surface area contributed by atoms with Crippen molar-refractivity contribution in [3.05, 3.63) is 0 Å². The van der Waals surface area contributed by atoms with Crippen molar-refractivity contribution in [2.45, 2.75) is 50.9 Å². The zero-order valence-corrected chi connectivity index (χ0v) is 11.4. The minimum atomic E-state index is -0.722. The molecule has 0 bridgehead atoms. The Balaban J connectivity index is 2.06. The summed E-state index contributed by atoms with van der Waals surface area (Å²) in [6.07, 6.45) is 3.57. The Morgan fingerprint density at radius 2 is 2.37 bits per heavy atom. The molecule has 2 atom stereocenters. The maximum atomic E-state index is 10.9. The number of carbonyl (C=O) groups is 1. The van der Waals surface area contributed by atoms with Crippen molar-refractivity contribution in [1.82, 2.24) is 0 Å². The number of aliphatic hydroxyl groups excluding tert-OH is 1. The Kier molecular flexibility index (Phi) is 8.23. The molecule has 1 aliphatic rings. The first kappa shape index (κ1) is 16.0. The van der Waals surface area contributed by atoms with Gasteiger partial charge in [-0.25, -0.2) is 0 Å². The van der Waals surface area contributed by atoms with Crippen molar-refractivity contribution in [2.75, 3.05) is 20.3 Å². The standard InChI is InChI=1S/C14H22O5/c1-17-13(16)8-4-6-12(15)7-5-11-19-14-9-2-3-10-18-14/h12,14-15H,2-4,6,8-11H2,1H3. The molecule has 1 fully saturated rings. The highest BCUT2D eigenvalue weighted by Gasteiger charge is 2.12. The highest BCUT2D eigenvalue weighted by Crippen LogP contribution is 2.13. The molecule has 19 heavy (non-hydrogen) atoms. The maximum absolute atomic E-state index is 10.9. The van der Waals surface area contributed by atoms with E-state index in [0.717, 1.165) is 25.9 Å². The van der Waals surface area contributed by atoms with Gasteiger partial charge in [-0.3, -0.25) is 4.79 Å². The first-order valence-electron chi connectivity index (χ1n) is 6.69. The molecule has 0 saturated carbocycles. The fourth-order valence-electron chi connectivity index (χ4n) is 1.75. The lowest BCUT2D eigenvalue weighted by Gasteiger charge is -2.21. The molecule has 108 valence electrons. The largest absolute Gasteiger partial charge is 0.469 e. The Bertz CT molecular complexity index is 312. The predicted molar refractivity (Wildman–Crippen MR) is 69.2 cm³/mol. The fraction of sp³-hybridized carbons (Fsp3) is 0.786. The average Bonchev–Trinajstić information content (AvgIpc) is 2.44. The van der Waals surface area contributed by atoms with Crippen LogP contribution in [0.3, 0.4) is 0 Å². The SMILES string of the molecule is COC(=O)CCCC(O)C#CCOC1CCCCO1. The Morgan fingerprint density at radius 3 is 3.05 bits per heavy atom. The number of esters is 1. The Labute approximate surface area is 114 Å². The molecule has 0 aliphatic carbocycles. The van der Waals surface area contributed by atoms with Crippen LogP contribution in [0, 0.1) is 11.8 Å². The molecule has 0 spiro atoms. The summed E-state index contributed by atoms with van der Waals surface area (Å²) in [5, 5.41) is 9.56. The molecular formula is C14H22O5. The first-order chi connectivity index (χ1) is 9.22. The van der Waals surface area contributed by atoms with E-state index in [-0.39, 0.29) is 18.9 Å². The zero-order chi connectivity index (χ0) is 13.9. The van der Waals surface area contributed by atoms with E-state index in [4.69, 9.17) is 9.47 Å². The number of hydrogen-bond acceptors (Lipinski definition) is 5. The zero-order valence-electron chi connectivity index (χ0n) is 11.4. The van der Waals surface area contributed by atoms with E-state index in [9.17, 15) is 9.90 Å². The molecule has 0 aromatic heterocycles.